The Morgan fingerprint density at radius 2 is 1.81 bits per heavy atom. The van der Waals surface area contributed by atoms with Crippen molar-refractivity contribution in [2.75, 3.05) is 31.7 Å². The van der Waals surface area contributed by atoms with Crippen molar-refractivity contribution < 1.29 is 9.47 Å². The number of benzene rings is 1. The molecule has 21 heavy (non-hydrogen) atoms. The number of piperidine rings is 1. The van der Waals surface area contributed by atoms with E-state index in [1.165, 1.54) is 5.69 Å². The molecule has 4 heteroatoms. The lowest BCUT2D eigenvalue weighted by Crippen LogP contribution is -2.39. The predicted octanol–water partition coefficient (Wildman–Crippen LogP) is 2.81. The second-order valence-corrected chi connectivity index (χ2v) is 6.38. The van der Waals surface area contributed by atoms with Crippen molar-refractivity contribution in [2.24, 2.45) is 5.73 Å². The molecule has 1 aromatic carbocycles. The molecule has 4 nitrogen and oxygen atoms in total. The zero-order valence-electron chi connectivity index (χ0n) is 13.5. The van der Waals surface area contributed by atoms with Crippen LogP contribution in [0.1, 0.15) is 33.1 Å². The summed E-state index contributed by atoms with van der Waals surface area (Å²) < 4.78 is 11.2. The second-order valence-electron chi connectivity index (χ2n) is 6.38. The molecule has 0 radical (unpaired) electrons. The highest BCUT2D eigenvalue weighted by Gasteiger charge is 2.17. The Kier molecular flexibility index (Phi) is 5.48. The van der Waals surface area contributed by atoms with Gasteiger partial charge in [-0.2, -0.15) is 0 Å². The van der Waals surface area contributed by atoms with Gasteiger partial charge in [0, 0.05) is 38.3 Å². The number of ether oxygens (including phenoxy) is 2. The van der Waals surface area contributed by atoms with Gasteiger partial charge in [-0.05, 0) is 51.0 Å². The highest BCUT2D eigenvalue weighted by molar-refractivity contribution is 5.49. The minimum Gasteiger partial charge on any atom is -0.493 e. The minimum atomic E-state index is -0.132. The summed E-state index contributed by atoms with van der Waals surface area (Å²) in [6.07, 6.45) is 3.02. The molecular formula is C17H28N2O2. The monoisotopic (exact) mass is 292 g/mol. The molecule has 1 heterocycles. The van der Waals surface area contributed by atoms with Crippen molar-refractivity contribution in [3.05, 3.63) is 24.3 Å². The molecule has 0 aromatic heterocycles. The van der Waals surface area contributed by atoms with E-state index in [-0.39, 0.29) is 5.60 Å². The van der Waals surface area contributed by atoms with E-state index < -0.39 is 0 Å². The van der Waals surface area contributed by atoms with E-state index in [1.807, 2.05) is 12.1 Å². The summed E-state index contributed by atoms with van der Waals surface area (Å²) in [5, 5.41) is 0. The molecule has 0 atom stereocenters. The molecule has 0 spiro atoms. The largest absolute Gasteiger partial charge is 0.493 e. The van der Waals surface area contributed by atoms with Crippen LogP contribution < -0.4 is 15.4 Å². The van der Waals surface area contributed by atoms with Gasteiger partial charge in [0.25, 0.3) is 0 Å². The van der Waals surface area contributed by atoms with Gasteiger partial charge in [-0.1, -0.05) is 0 Å². The summed E-state index contributed by atoms with van der Waals surface area (Å²) in [7, 11) is 1.74. The topological polar surface area (TPSA) is 47.7 Å². The highest BCUT2D eigenvalue weighted by atomic mass is 16.5. The molecule has 1 aliphatic heterocycles. The number of hydrogen-bond donors (Lipinski definition) is 1. The van der Waals surface area contributed by atoms with E-state index in [0.29, 0.717) is 12.6 Å². The lowest BCUT2D eigenvalue weighted by Gasteiger charge is -2.32. The van der Waals surface area contributed by atoms with Crippen LogP contribution in [-0.2, 0) is 4.74 Å². The van der Waals surface area contributed by atoms with Gasteiger partial charge in [-0.3, -0.25) is 0 Å². The number of nitrogens with zero attached hydrogens (tertiary/aromatic N) is 1. The van der Waals surface area contributed by atoms with E-state index in [1.54, 1.807) is 7.11 Å². The van der Waals surface area contributed by atoms with Crippen molar-refractivity contribution in [3.63, 3.8) is 0 Å². The Bertz CT molecular complexity index is 423. The van der Waals surface area contributed by atoms with Crippen LogP contribution in [0.25, 0.3) is 0 Å². The maximum atomic E-state index is 5.94. The molecule has 1 saturated heterocycles. The molecule has 0 saturated carbocycles. The standard InChI is InChI=1S/C17H28N2O2/c1-17(2,20-3)10-13-21-16-6-4-15(5-7-16)19-11-8-14(18)9-12-19/h4-7,14H,8-13,18H2,1-3H3. The first-order valence-corrected chi connectivity index (χ1v) is 7.79. The summed E-state index contributed by atoms with van der Waals surface area (Å²) in [5.41, 5.74) is 7.07. The summed E-state index contributed by atoms with van der Waals surface area (Å²) in [6, 6.07) is 8.72. The third kappa shape index (κ3) is 4.90. The zero-order valence-corrected chi connectivity index (χ0v) is 13.5. The Hall–Kier alpha value is -1.26. The van der Waals surface area contributed by atoms with E-state index in [9.17, 15) is 0 Å². The molecule has 2 rings (SSSR count). The average Bonchev–Trinajstić information content (AvgIpc) is 2.49. The van der Waals surface area contributed by atoms with Crippen LogP contribution in [0.4, 0.5) is 5.69 Å². The molecule has 0 aliphatic carbocycles. The van der Waals surface area contributed by atoms with Gasteiger partial charge >= 0.3 is 0 Å². The first kappa shape index (κ1) is 16.1. The van der Waals surface area contributed by atoms with E-state index >= 15 is 0 Å². The third-order valence-corrected chi connectivity index (χ3v) is 4.27. The predicted molar refractivity (Wildman–Crippen MR) is 87.1 cm³/mol. The normalized spacial score (nSPS) is 17.0. The van der Waals surface area contributed by atoms with Gasteiger partial charge in [-0.15, -0.1) is 0 Å². The van der Waals surface area contributed by atoms with Gasteiger partial charge in [0.1, 0.15) is 5.75 Å². The van der Waals surface area contributed by atoms with Crippen LogP contribution in [0, 0.1) is 0 Å². The lowest BCUT2D eigenvalue weighted by molar-refractivity contribution is 0.00546. The molecule has 1 fully saturated rings. The SMILES string of the molecule is COC(C)(C)CCOc1ccc(N2CCC(N)CC2)cc1. The fourth-order valence-corrected chi connectivity index (χ4v) is 2.43. The summed E-state index contributed by atoms with van der Waals surface area (Å²) >= 11 is 0. The molecule has 118 valence electrons. The molecular weight excluding hydrogens is 264 g/mol. The zero-order chi connectivity index (χ0) is 15.3. The molecule has 2 N–H and O–H groups in total. The highest BCUT2D eigenvalue weighted by Crippen LogP contribution is 2.23. The van der Waals surface area contributed by atoms with Crippen molar-refractivity contribution in [3.8, 4) is 5.75 Å². The van der Waals surface area contributed by atoms with Gasteiger partial charge in [0.05, 0.1) is 12.2 Å². The smallest absolute Gasteiger partial charge is 0.119 e. The van der Waals surface area contributed by atoms with Crippen LogP contribution in [-0.4, -0.2) is 38.4 Å². The second kappa shape index (κ2) is 7.14. The van der Waals surface area contributed by atoms with Gasteiger partial charge in [0.15, 0.2) is 0 Å². The number of nitrogens with two attached hydrogens (primary N) is 1. The molecule has 1 aliphatic rings. The lowest BCUT2D eigenvalue weighted by atomic mass is 10.1. The fraction of sp³-hybridized carbons (Fsp3) is 0.647. The van der Waals surface area contributed by atoms with Crippen LogP contribution in [0.5, 0.6) is 5.75 Å². The van der Waals surface area contributed by atoms with E-state index in [2.05, 4.69) is 30.9 Å². The number of methoxy groups -OCH3 is 1. The van der Waals surface area contributed by atoms with Crippen LogP contribution >= 0.6 is 0 Å². The summed E-state index contributed by atoms with van der Waals surface area (Å²) in [4.78, 5) is 2.39. The fourth-order valence-electron chi connectivity index (χ4n) is 2.43. The first-order chi connectivity index (χ1) is 10.00. The Morgan fingerprint density at radius 3 is 2.38 bits per heavy atom. The Morgan fingerprint density at radius 1 is 1.19 bits per heavy atom. The molecule has 1 aromatic rings. The Balaban J connectivity index is 1.82. The maximum absolute atomic E-state index is 5.94. The quantitative estimate of drug-likeness (QED) is 0.876. The first-order valence-electron chi connectivity index (χ1n) is 7.79. The van der Waals surface area contributed by atoms with Crippen molar-refractivity contribution >= 4 is 5.69 Å². The van der Waals surface area contributed by atoms with E-state index in [0.717, 1.165) is 38.1 Å². The molecule has 0 unspecified atom stereocenters. The summed E-state index contributed by atoms with van der Waals surface area (Å²) in [6.45, 7) is 6.90. The summed E-state index contributed by atoms with van der Waals surface area (Å²) in [5.74, 6) is 0.916. The van der Waals surface area contributed by atoms with Gasteiger partial charge in [-0.25, -0.2) is 0 Å². The van der Waals surface area contributed by atoms with Crippen molar-refractivity contribution in [1.82, 2.24) is 0 Å². The number of hydrogen-bond acceptors (Lipinski definition) is 4. The van der Waals surface area contributed by atoms with Crippen LogP contribution in [0.15, 0.2) is 24.3 Å². The Labute approximate surface area is 128 Å². The molecule has 0 bridgehead atoms. The third-order valence-electron chi connectivity index (χ3n) is 4.27. The average molecular weight is 292 g/mol. The molecule has 0 amide bonds. The van der Waals surface area contributed by atoms with Gasteiger partial charge in [0.2, 0.25) is 0 Å². The maximum Gasteiger partial charge on any atom is 0.119 e. The number of rotatable bonds is 6. The van der Waals surface area contributed by atoms with Crippen LogP contribution in [0.3, 0.4) is 0 Å². The van der Waals surface area contributed by atoms with E-state index in [4.69, 9.17) is 15.2 Å². The van der Waals surface area contributed by atoms with Gasteiger partial charge < -0.3 is 20.1 Å². The van der Waals surface area contributed by atoms with Crippen molar-refractivity contribution in [1.29, 1.82) is 0 Å². The van der Waals surface area contributed by atoms with Crippen molar-refractivity contribution in [2.45, 2.75) is 44.8 Å². The number of anilines is 1. The van der Waals surface area contributed by atoms with Crippen LogP contribution in [0.2, 0.25) is 0 Å². The minimum absolute atomic E-state index is 0.132.